The van der Waals surface area contributed by atoms with Gasteiger partial charge in [0.25, 0.3) is 0 Å². The summed E-state index contributed by atoms with van der Waals surface area (Å²) in [4.78, 5) is 14.9. The number of hydrogen-bond donors (Lipinski definition) is 0. The zero-order valence-corrected chi connectivity index (χ0v) is 12.2. The molecule has 1 heterocycles. The first-order valence-corrected chi connectivity index (χ1v) is 6.12. The number of pyridine rings is 1. The van der Waals surface area contributed by atoms with E-state index in [1.807, 2.05) is 70.4 Å². The second-order valence-electron chi connectivity index (χ2n) is 4.11. The van der Waals surface area contributed by atoms with Crippen LogP contribution in [0.3, 0.4) is 0 Å². The fourth-order valence-electron chi connectivity index (χ4n) is 1.87. The molecule has 3 heteroatoms. The molecule has 0 aliphatic heterocycles. The van der Waals surface area contributed by atoms with Gasteiger partial charge in [0.15, 0.2) is 0 Å². The third-order valence-corrected chi connectivity index (χ3v) is 2.83. The molecule has 0 bridgehead atoms. The molecule has 2 nitrogen and oxygen atoms in total. The van der Waals surface area contributed by atoms with Gasteiger partial charge in [-0.3, -0.25) is 4.98 Å². The van der Waals surface area contributed by atoms with Gasteiger partial charge in [0.1, 0.15) is 6.29 Å². The predicted octanol–water partition coefficient (Wildman–Crippen LogP) is 2.73. The van der Waals surface area contributed by atoms with Crippen molar-refractivity contribution in [3.8, 4) is 0 Å². The number of hydrogen-bond acceptors (Lipinski definition) is 2. The van der Waals surface area contributed by atoms with Crippen LogP contribution in [-0.2, 0) is 21.9 Å². The van der Waals surface area contributed by atoms with Crippen molar-refractivity contribution in [3.05, 3.63) is 92.8 Å². The monoisotopic (exact) mass is 305 g/mol. The number of nitrogens with zero attached hydrogens (tertiary/aromatic N) is 1. The third-order valence-electron chi connectivity index (χ3n) is 2.83. The summed E-state index contributed by atoms with van der Waals surface area (Å²) >= 11 is 0. The maximum Gasteiger partial charge on any atom is 2.00 e. The van der Waals surface area contributed by atoms with E-state index in [0.717, 1.165) is 29.4 Å². The second kappa shape index (κ2) is 9.31. The first-order chi connectivity index (χ1) is 9.33. The molecular weight excluding hydrogens is 290 g/mol. The Bertz CT molecular complexity index is 396. The van der Waals surface area contributed by atoms with E-state index < -0.39 is 0 Å². The van der Waals surface area contributed by atoms with Crippen molar-refractivity contribution in [2.24, 2.45) is 0 Å². The Morgan fingerprint density at radius 1 is 1.00 bits per heavy atom. The number of aryl methyl sites for hydroxylation is 1. The largest absolute Gasteiger partial charge is 2.00 e. The Labute approximate surface area is 133 Å². The summed E-state index contributed by atoms with van der Waals surface area (Å²) < 4.78 is 0. The fraction of sp³-hybridized carbons (Fsp3) is 0.0588. The van der Waals surface area contributed by atoms with Crippen LogP contribution in [0.4, 0.5) is 0 Å². The minimum atomic E-state index is 0. The van der Waals surface area contributed by atoms with Crippen LogP contribution in [0.5, 0.6) is 0 Å². The molecule has 0 saturated heterocycles. The number of carbonyl (C=O) groups is 1. The number of aldehydes is 1. The molecule has 0 N–H and O–H groups in total. The van der Waals surface area contributed by atoms with Gasteiger partial charge in [0.05, 0.1) is 5.92 Å². The Hall–Kier alpha value is -0.661. The Morgan fingerprint density at radius 3 is 2.20 bits per heavy atom. The van der Waals surface area contributed by atoms with Gasteiger partial charge < -0.3 is 4.79 Å². The topological polar surface area (TPSA) is 30.0 Å². The zero-order chi connectivity index (χ0) is 13.5. The molecule has 0 atom stereocenters. The van der Waals surface area contributed by atoms with E-state index in [4.69, 9.17) is 0 Å². The molecular formula is C17H15FeNO+2. The van der Waals surface area contributed by atoms with Crippen LogP contribution in [0.1, 0.15) is 11.3 Å². The molecule has 0 spiro atoms. The van der Waals surface area contributed by atoms with Crippen molar-refractivity contribution in [2.75, 3.05) is 0 Å². The molecule has 1 aromatic heterocycles. The average molecular weight is 305 g/mol. The van der Waals surface area contributed by atoms with Gasteiger partial charge >= 0.3 is 17.1 Å². The van der Waals surface area contributed by atoms with Crippen molar-refractivity contribution in [1.82, 2.24) is 4.98 Å². The summed E-state index contributed by atoms with van der Waals surface area (Å²) in [6.07, 6.45) is 18.3. The minimum absolute atomic E-state index is 0. The number of aromatic nitrogens is 1. The number of rotatable bonds is 2. The van der Waals surface area contributed by atoms with Crippen LogP contribution in [-0.4, -0.2) is 11.3 Å². The van der Waals surface area contributed by atoms with Gasteiger partial charge in [-0.2, -0.15) is 0 Å². The van der Waals surface area contributed by atoms with Gasteiger partial charge in [-0.25, -0.2) is 0 Å². The Kier molecular flexibility index (Phi) is 8.09. The van der Waals surface area contributed by atoms with Gasteiger partial charge in [0.2, 0.25) is 0 Å². The van der Waals surface area contributed by atoms with E-state index in [1.165, 1.54) is 0 Å². The summed E-state index contributed by atoms with van der Waals surface area (Å²) in [7, 11) is 0. The van der Waals surface area contributed by atoms with Crippen molar-refractivity contribution < 1.29 is 21.9 Å². The average Bonchev–Trinajstić information content (AvgIpc) is 3.13. The van der Waals surface area contributed by atoms with Crippen LogP contribution in [0.15, 0.2) is 18.3 Å². The molecule has 3 rings (SSSR count). The standard InChI is InChI=1S/C12H10NO.C5H5.Fe/c1-9-11(6-3-7-13-9)12-5-2-4-10(12)8-14;1-2-4-5-3-1;/h2-8H,1H3;1-5H;/q;;+2. The van der Waals surface area contributed by atoms with E-state index in [-0.39, 0.29) is 17.1 Å². The first kappa shape index (κ1) is 17.4. The quantitative estimate of drug-likeness (QED) is 0.621. The molecule has 2 aliphatic rings. The molecule has 0 unspecified atom stereocenters. The van der Waals surface area contributed by atoms with E-state index >= 15 is 0 Å². The minimum Gasteiger partial charge on any atom is -0.303 e. The van der Waals surface area contributed by atoms with Gasteiger partial charge in [0, 0.05) is 17.8 Å². The second-order valence-corrected chi connectivity index (χ2v) is 4.11. The summed E-state index contributed by atoms with van der Waals surface area (Å²) in [6, 6.07) is 3.86. The van der Waals surface area contributed by atoms with E-state index in [9.17, 15) is 4.79 Å². The smallest absolute Gasteiger partial charge is 0.303 e. The van der Waals surface area contributed by atoms with Gasteiger partial charge in [-0.1, -0.05) is 6.07 Å². The summed E-state index contributed by atoms with van der Waals surface area (Å²) in [6.45, 7) is 1.94. The van der Waals surface area contributed by atoms with Gasteiger partial charge in [-0.05, 0) is 69.9 Å². The van der Waals surface area contributed by atoms with E-state index in [0.29, 0.717) is 0 Å². The molecule has 10 radical (unpaired) electrons. The van der Waals surface area contributed by atoms with Crippen LogP contribution in [0, 0.1) is 70.1 Å². The van der Waals surface area contributed by atoms with Crippen molar-refractivity contribution in [3.63, 3.8) is 0 Å². The molecule has 100 valence electrons. The van der Waals surface area contributed by atoms with E-state index in [2.05, 4.69) is 4.98 Å². The fourth-order valence-corrected chi connectivity index (χ4v) is 1.87. The molecule has 2 fully saturated rings. The molecule has 0 aromatic carbocycles. The van der Waals surface area contributed by atoms with Crippen molar-refractivity contribution in [1.29, 1.82) is 0 Å². The third kappa shape index (κ3) is 4.71. The summed E-state index contributed by atoms with van der Waals surface area (Å²) in [5, 5.41) is 0. The first-order valence-electron chi connectivity index (χ1n) is 6.12. The molecule has 2 saturated carbocycles. The van der Waals surface area contributed by atoms with Crippen molar-refractivity contribution in [2.45, 2.75) is 6.92 Å². The normalized spacial score (nSPS) is 19.1. The zero-order valence-electron chi connectivity index (χ0n) is 11.1. The molecule has 0 amide bonds. The SMILES string of the molecule is Cc1ncccc1[C]1[CH][CH][CH][C]1C=O.[CH]1[CH][CH][CH][CH]1.[Fe+2]. The Balaban J connectivity index is 0.000000283. The van der Waals surface area contributed by atoms with Gasteiger partial charge in [-0.15, -0.1) is 0 Å². The maximum atomic E-state index is 10.8. The molecule has 2 aliphatic carbocycles. The summed E-state index contributed by atoms with van der Waals surface area (Å²) in [5.74, 6) is 1.69. The predicted molar refractivity (Wildman–Crippen MR) is 75.0 cm³/mol. The van der Waals surface area contributed by atoms with E-state index in [1.54, 1.807) is 6.20 Å². The number of carbonyl (C=O) groups excluding carboxylic acids is 1. The van der Waals surface area contributed by atoms with Crippen LogP contribution < -0.4 is 0 Å². The van der Waals surface area contributed by atoms with Crippen LogP contribution in [0.2, 0.25) is 0 Å². The summed E-state index contributed by atoms with van der Waals surface area (Å²) in [5.41, 5.74) is 1.97. The van der Waals surface area contributed by atoms with Crippen LogP contribution in [0.25, 0.3) is 0 Å². The maximum absolute atomic E-state index is 10.8. The molecule has 20 heavy (non-hydrogen) atoms. The molecule has 1 aromatic rings. The van der Waals surface area contributed by atoms with Crippen LogP contribution >= 0.6 is 0 Å². The Morgan fingerprint density at radius 2 is 1.65 bits per heavy atom. The van der Waals surface area contributed by atoms with Crippen molar-refractivity contribution >= 4 is 6.29 Å².